The maximum absolute atomic E-state index is 5.58. The molecule has 1 aliphatic rings. The molecule has 0 saturated carbocycles. The minimum Gasteiger partial charge on any atom is -0.466 e. The molecule has 3 nitrogen and oxygen atoms in total. The van der Waals surface area contributed by atoms with Gasteiger partial charge < -0.3 is 14.5 Å². The van der Waals surface area contributed by atoms with Gasteiger partial charge in [-0.15, -0.1) is 0 Å². The highest BCUT2D eigenvalue weighted by molar-refractivity contribution is 5.25. The fourth-order valence-corrected chi connectivity index (χ4v) is 2.42. The number of aryl methyl sites for hydroxylation is 2. The Kier molecular flexibility index (Phi) is 3.12. The first-order valence-corrected chi connectivity index (χ1v) is 5.54. The van der Waals surface area contributed by atoms with Gasteiger partial charge in [-0.1, -0.05) is 0 Å². The number of rotatable bonds is 3. The maximum atomic E-state index is 5.58. The number of furan rings is 1. The van der Waals surface area contributed by atoms with Crippen molar-refractivity contribution in [2.45, 2.75) is 26.3 Å². The molecule has 2 heterocycles. The van der Waals surface area contributed by atoms with Gasteiger partial charge >= 0.3 is 0 Å². The molecule has 0 aromatic carbocycles. The second-order valence-electron chi connectivity index (χ2n) is 4.26. The van der Waals surface area contributed by atoms with Gasteiger partial charge in [-0.3, -0.25) is 0 Å². The van der Waals surface area contributed by atoms with Crippen LogP contribution < -0.4 is 5.32 Å². The Morgan fingerprint density at radius 2 is 2.27 bits per heavy atom. The van der Waals surface area contributed by atoms with E-state index in [1.54, 1.807) is 0 Å². The number of nitrogens with one attached hydrogen (secondary N) is 1. The standard InChI is InChI=1S/C12H19NO2/c1-8-6-11(9(2)15-8)12(13-3)10-4-5-14-7-10/h6,10,12-13H,4-5,7H2,1-3H3. The Balaban J connectivity index is 2.21. The molecule has 1 aromatic heterocycles. The summed E-state index contributed by atoms with van der Waals surface area (Å²) in [4.78, 5) is 0. The number of ether oxygens (including phenoxy) is 1. The van der Waals surface area contributed by atoms with Crippen LogP contribution in [0.25, 0.3) is 0 Å². The lowest BCUT2D eigenvalue weighted by atomic mass is 9.92. The molecule has 0 aliphatic carbocycles. The van der Waals surface area contributed by atoms with Crippen molar-refractivity contribution in [3.05, 3.63) is 23.2 Å². The van der Waals surface area contributed by atoms with E-state index < -0.39 is 0 Å². The Morgan fingerprint density at radius 1 is 1.47 bits per heavy atom. The average Bonchev–Trinajstić information content (AvgIpc) is 2.79. The largest absolute Gasteiger partial charge is 0.466 e. The summed E-state index contributed by atoms with van der Waals surface area (Å²) in [5, 5.41) is 3.37. The van der Waals surface area contributed by atoms with E-state index in [1.807, 2.05) is 20.9 Å². The predicted molar refractivity (Wildman–Crippen MR) is 58.9 cm³/mol. The zero-order chi connectivity index (χ0) is 10.8. The maximum Gasteiger partial charge on any atom is 0.105 e. The van der Waals surface area contributed by atoms with Gasteiger partial charge in [0.2, 0.25) is 0 Å². The monoisotopic (exact) mass is 209 g/mol. The number of hydrogen-bond acceptors (Lipinski definition) is 3. The molecule has 1 fully saturated rings. The first-order valence-electron chi connectivity index (χ1n) is 5.54. The topological polar surface area (TPSA) is 34.4 Å². The van der Waals surface area contributed by atoms with Crippen LogP contribution in [0.1, 0.15) is 29.5 Å². The molecule has 84 valence electrons. The van der Waals surface area contributed by atoms with Crippen LogP contribution >= 0.6 is 0 Å². The zero-order valence-electron chi connectivity index (χ0n) is 9.67. The fraction of sp³-hybridized carbons (Fsp3) is 0.667. The van der Waals surface area contributed by atoms with E-state index in [0.717, 1.165) is 31.2 Å². The van der Waals surface area contributed by atoms with Crippen LogP contribution in [0, 0.1) is 19.8 Å². The molecule has 2 unspecified atom stereocenters. The Labute approximate surface area is 90.8 Å². The van der Waals surface area contributed by atoms with E-state index in [1.165, 1.54) is 5.56 Å². The Morgan fingerprint density at radius 3 is 2.73 bits per heavy atom. The molecule has 0 radical (unpaired) electrons. The smallest absolute Gasteiger partial charge is 0.105 e. The zero-order valence-corrected chi connectivity index (χ0v) is 9.67. The summed E-state index contributed by atoms with van der Waals surface area (Å²) in [6.45, 7) is 5.77. The lowest BCUT2D eigenvalue weighted by molar-refractivity contribution is 0.177. The molecule has 3 heteroatoms. The third kappa shape index (κ3) is 2.08. The van der Waals surface area contributed by atoms with Crippen molar-refractivity contribution in [1.29, 1.82) is 0 Å². The van der Waals surface area contributed by atoms with Crippen LogP contribution in [0.15, 0.2) is 10.5 Å². The molecule has 1 aliphatic heterocycles. The van der Waals surface area contributed by atoms with Crippen LogP contribution in [0.3, 0.4) is 0 Å². The molecular formula is C12H19NO2. The van der Waals surface area contributed by atoms with Crippen molar-refractivity contribution in [2.75, 3.05) is 20.3 Å². The first-order chi connectivity index (χ1) is 7.22. The van der Waals surface area contributed by atoms with Gasteiger partial charge in [-0.05, 0) is 33.4 Å². The summed E-state index contributed by atoms with van der Waals surface area (Å²) in [5.74, 6) is 2.59. The quantitative estimate of drug-likeness (QED) is 0.828. The lowest BCUT2D eigenvalue weighted by Gasteiger charge is -2.21. The normalized spacial score (nSPS) is 23.3. The second-order valence-corrected chi connectivity index (χ2v) is 4.26. The van der Waals surface area contributed by atoms with Crippen molar-refractivity contribution in [2.24, 2.45) is 5.92 Å². The molecule has 0 spiro atoms. The van der Waals surface area contributed by atoms with Crippen molar-refractivity contribution in [3.8, 4) is 0 Å². The van der Waals surface area contributed by atoms with E-state index in [2.05, 4.69) is 11.4 Å². The summed E-state index contributed by atoms with van der Waals surface area (Å²) < 4.78 is 11.0. The third-order valence-electron chi connectivity index (χ3n) is 3.16. The third-order valence-corrected chi connectivity index (χ3v) is 3.16. The van der Waals surface area contributed by atoms with E-state index in [-0.39, 0.29) is 0 Å². The second kappa shape index (κ2) is 4.37. The SMILES string of the molecule is CNC(c1cc(C)oc1C)C1CCOC1. The lowest BCUT2D eigenvalue weighted by Crippen LogP contribution is -2.25. The van der Waals surface area contributed by atoms with Crippen molar-refractivity contribution in [1.82, 2.24) is 5.32 Å². The Hall–Kier alpha value is -0.800. The molecular weight excluding hydrogens is 190 g/mol. The molecule has 2 rings (SSSR count). The minimum absolute atomic E-state index is 0.366. The van der Waals surface area contributed by atoms with E-state index >= 15 is 0 Å². The number of hydrogen-bond donors (Lipinski definition) is 1. The Bertz CT molecular complexity index is 326. The van der Waals surface area contributed by atoms with Gasteiger partial charge in [0.15, 0.2) is 0 Å². The first kappa shape index (κ1) is 10.7. The molecule has 1 N–H and O–H groups in total. The minimum atomic E-state index is 0.366. The van der Waals surface area contributed by atoms with Crippen LogP contribution in [0.5, 0.6) is 0 Å². The van der Waals surface area contributed by atoms with Crippen LogP contribution in [0.4, 0.5) is 0 Å². The van der Waals surface area contributed by atoms with Gasteiger partial charge in [0.25, 0.3) is 0 Å². The van der Waals surface area contributed by atoms with Gasteiger partial charge in [0, 0.05) is 24.1 Å². The molecule has 0 amide bonds. The van der Waals surface area contributed by atoms with E-state index in [9.17, 15) is 0 Å². The van der Waals surface area contributed by atoms with Gasteiger partial charge in [-0.2, -0.15) is 0 Å². The molecule has 2 atom stereocenters. The molecule has 1 saturated heterocycles. The predicted octanol–water partition coefficient (Wildman–Crippen LogP) is 2.19. The summed E-state index contributed by atoms with van der Waals surface area (Å²) in [5.41, 5.74) is 1.28. The van der Waals surface area contributed by atoms with E-state index in [4.69, 9.17) is 9.15 Å². The summed E-state index contributed by atoms with van der Waals surface area (Å²) in [6, 6.07) is 2.50. The average molecular weight is 209 g/mol. The van der Waals surface area contributed by atoms with Crippen LogP contribution in [0.2, 0.25) is 0 Å². The molecule has 15 heavy (non-hydrogen) atoms. The fourth-order valence-electron chi connectivity index (χ4n) is 2.42. The highest BCUT2D eigenvalue weighted by Crippen LogP contribution is 2.31. The molecule has 0 bridgehead atoms. The highest BCUT2D eigenvalue weighted by atomic mass is 16.5. The van der Waals surface area contributed by atoms with Gasteiger partial charge in [0.05, 0.1) is 6.61 Å². The van der Waals surface area contributed by atoms with Crippen LogP contribution in [-0.4, -0.2) is 20.3 Å². The summed E-state index contributed by atoms with van der Waals surface area (Å²) in [6.07, 6.45) is 1.13. The van der Waals surface area contributed by atoms with Gasteiger partial charge in [0.1, 0.15) is 11.5 Å². The molecule has 1 aromatic rings. The van der Waals surface area contributed by atoms with E-state index in [0.29, 0.717) is 12.0 Å². The van der Waals surface area contributed by atoms with Crippen molar-refractivity contribution >= 4 is 0 Å². The summed E-state index contributed by atoms with van der Waals surface area (Å²) >= 11 is 0. The van der Waals surface area contributed by atoms with Gasteiger partial charge in [-0.25, -0.2) is 0 Å². The van der Waals surface area contributed by atoms with Crippen molar-refractivity contribution < 1.29 is 9.15 Å². The van der Waals surface area contributed by atoms with Crippen LogP contribution in [-0.2, 0) is 4.74 Å². The highest BCUT2D eigenvalue weighted by Gasteiger charge is 2.28. The summed E-state index contributed by atoms with van der Waals surface area (Å²) in [7, 11) is 2.00. The van der Waals surface area contributed by atoms with Crippen molar-refractivity contribution in [3.63, 3.8) is 0 Å².